The van der Waals surface area contributed by atoms with E-state index in [4.69, 9.17) is 33.2 Å². The summed E-state index contributed by atoms with van der Waals surface area (Å²) >= 11 is 11.6. The predicted octanol–water partition coefficient (Wildman–Crippen LogP) is 3.70. The first-order chi connectivity index (χ1) is 10.4. The Balaban J connectivity index is 2.20. The number of sulfonamides is 1. The molecule has 8 heteroatoms. The van der Waals surface area contributed by atoms with Gasteiger partial charge in [0.2, 0.25) is 0 Å². The number of ether oxygens (including phenoxy) is 1. The normalized spacial score (nSPS) is 10.8. The van der Waals surface area contributed by atoms with Crippen molar-refractivity contribution in [3.8, 4) is 11.8 Å². The molecule has 0 saturated carbocycles. The SMILES string of the molecule is N#CCOc1ccc(NS(=O)(=O)c2cc(Cl)cc(Cl)c2)cc1. The van der Waals surface area contributed by atoms with Crippen molar-refractivity contribution in [3.05, 3.63) is 52.5 Å². The summed E-state index contributed by atoms with van der Waals surface area (Å²) in [6.45, 7) is -0.0773. The molecule has 0 saturated heterocycles. The Morgan fingerprint density at radius 1 is 1.09 bits per heavy atom. The molecule has 5 nitrogen and oxygen atoms in total. The van der Waals surface area contributed by atoms with Gasteiger partial charge in [0.05, 0.1) is 4.90 Å². The molecule has 2 aromatic carbocycles. The second-order valence-corrected chi connectivity index (χ2v) is 6.74. The summed E-state index contributed by atoms with van der Waals surface area (Å²) in [6.07, 6.45) is 0. The molecule has 22 heavy (non-hydrogen) atoms. The fraction of sp³-hybridized carbons (Fsp3) is 0.0714. The Bertz CT molecular complexity index is 795. The number of nitriles is 1. The number of anilines is 1. The van der Waals surface area contributed by atoms with Crippen molar-refractivity contribution in [2.75, 3.05) is 11.3 Å². The maximum Gasteiger partial charge on any atom is 0.261 e. The van der Waals surface area contributed by atoms with E-state index in [0.717, 1.165) is 0 Å². The van der Waals surface area contributed by atoms with Gasteiger partial charge >= 0.3 is 0 Å². The molecule has 0 aliphatic carbocycles. The zero-order chi connectivity index (χ0) is 16.2. The lowest BCUT2D eigenvalue weighted by atomic mass is 10.3. The Labute approximate surface area is 138 Å². The maximum absolute atomic E-state index is 12.3. The smallest absolute Gasteiger partial charge is 0.261 e. The summed E-state index contributed by atoms with van der Waals surface area (Å²) in [4.78, 5) is -0.0326. The number of hydrogen-bond acceptors (Lipinski definition) is 4. The van der Waals surface area contributed by atoms with Crippen molar-refractivity contribution in [3.63, 3.8) is 0 Å². The lowest BCUT2D eigenvalue weighted by Gasteiger charge is -2.09. The number of hydrogen-bond donors (Lipinski definition) is 1. The molecule has 0 aromatic heterocycles. The van der Waals surface area contributed by atoms with E-state index in [9.17, 15) is 8.42 Å². The quantitative estimate of drug-likeness (QED) is 0.885. The van der Waals surface area contributed by atoms with Crippen molar-refractivity contribution >= 4 is 38.9 Å². The molecule has 0 radical (unpaired) electrons. The van der Waals surface area contributed by atoms with Crippen LogP contribution in [0.3, 0.4) is 0 Å². The third-order valence-electron chi connectivity index (χ3n) is 2.56. The van der Waals surface area contributed by atoms with Gasteiger partial charge in [-0.15, -0.1) is 0 Å². The van der Waals surface area contributed by atoms with E-state index in [2.05, 4.69) is 4.72 Å². The highest BCUT2D eigenvalue weighted by Crippen LogP contribution is 2.24. The van der Waals surface area contributed by atoms with Crippen molar-refractivity contribution in [2.24, 2.45) is 0 Å². The molecule has 2 rings (SSSR count). The number of benzene rings is 2. The predicted molar refractivity (Wildman–Crippen MR) is 84.8 cm³/mol. The summed E-state index contributed by atoms with van der Waals surface area (Å²) in [6, 6.07) is 12.1. The molecule has 0 fully saturated rings. The van der Waals surface area contributed by atoms with Crippen molar-refractivity contribution < 1.29 is 13.2 Å². The topological polar surface area (TPSA) is 79.2 Å². The van der Waals surface area contributed by atoms with Crippen LogP contribution in [0.1, 0.15) is 0 Å². The van der Waals surface area contributed by atoms with E-state index < -0.39 is 10.0 Å². The van der Waals surface area contributed by atoms with Crippen LogP contribution in [0.2, 0.25) is 10.0 Å². The summed E-state index contributed by atoms with van der Waals surface area (Å²) in [5.74, 6) is 0.468. The van der Waals surface area contributed by atoms with Gasteiger partial charge in [-0.25, -0.2) is 8.42 Å². The van der Waals surface area contributed by atoms with Gasteiger partial charge in [0.15, 0.2) is 6.61 Å². The Morgan fingerprint density at radius 2 is 1.68 bits per heavy atom. The number of nitrogens with zero attached hydrogens (tertiary/aromatic N) is 1. The van der Waals surface area contributed by atoms with E-state index in [1.54, 1.807) is 12.1 Å². The molecule has 0 unspecified atom stereocenters. The lowest BCUT2D eigenvalue weighted by Crippen LogP contribution is -2.12. The summed E-state index contributed by atoms with van der Waals surface area (Å²) in [7, 11) is -3.80. The molecular formula is C14H10Cl2N2O3S. The third kappa shape index (κ3) is 4.28. The van der Waals surface area contributed by atoms with Gasteiger partial charge in [-0.3, -0.25) is 4.72 Å². The molecule has 0 aliphatic rings. The molecule has 1 N–H and O–H groups in total. The highest BCUT2D eigenvalue weighted by atomic mass is 35.5. The van der Waals surface area contributed by atoms with Crippen LogP contribution in [-0.2, 0) is 10.0 Å². The van der Waals surface area contributed by atoms with Crippen LogP contribution in [0.4, 0.5) is 5.69 Å². The largest absolute Gasteiger partial charge is 0.479 e. The first kappa shape index (κ1) is 16.4. The van der Waals surface area contributed by atoms with Gasteiger partial charge in [0.25, 0.3) is 10.0 Å². The molecule has 0 heterocycles. The molecular weight excluding hydrogens is 347 g/mol. The van der Waals surface area contributed by atoms with Crippen LogP contribution in [0, 0.1) is 11.3 Å². The van der Waals surface area contributed by atoms with Crippen LogP contribution < -0.4 is 9.46 Å². The molecule has 0 amide bonds. The average molecular weight is 357 g/mol. The molecule has 0 spiro atoms. The van der Waals surface area contributed by atoms with Gasteiger partial charge in [-0.05, 0) is 42.5 Å². The zero-order valence-electron chi connectivity index (χ0n) is 11.1. The molecule has 114 valence electrons. The summed E-state index contributed by atoms with van der Waals surface area (Å²) in [5.41, 5.74) is 0.348. The Hall–Kier alpha value is -1.94. The van der Waals surface area contributed by atoms with Gasteiger partial charge in [-0.1, -0.05) is 23.2 Å². The third-order valence-corrected chi connectivity index (χ3v) is 4.35. The number of halogens is 2. The zero-order valence-corrected chi connectivity index (χ0v) is 13.4. The van der Waals surface area contributed by atoms with Crippen LogP contribution in [0.15, 0.2) is 47.4 Å². The minimum absolute atomic E-state index is 0.0326. The Morgan fingerprint density at radius 3 is 2.23 bits per heavy atom. The van der Waals surface area contributed by atoms with Crippen molar-refractivity contribution in [1.82, 2.24) is 0 Å². The monoisotopic (exact) mass is 356 g/mol. The van der Waals surface area contributed by atoms with Crippen LogP contribution in [0.25, 0.3) is 0 Å². The van der Waals surface area contributed by atoms with Crippen LogP contribution in [0.5, 0.6) is 5.75 Å². The van der Waals surface area contributed by atoms with E-state index >= 15 is 0 Å². The summed E-state index contributed by atoms with van der Waals surface area (Å²) in [5, 5.41) is 8.88. The van der Waals surface area contributed by atoms with E-state index in [-0.39, 0.29) is 21.5 Å². The Kier molecular flexibility index (Phi) is 5.14. The van der Waals surface area contributed by atoms with E-state index in [0.29, 0.717) is 11.4 Å². The molecule has 0 aliphatic heterocycles. The molecule has 0 atom stereocenters. The fourth-order valence-electron chi connectivity index (χ4n) is 1.63. The minimum Gasteiger partial charge on any atom is -0.479 e. The fourth-order valence-corrected chi connectivity index (χ4v) is 3.42. The second-order valence-electron chi connectivity index (χ2n) is 4.18. The van der Waals surface area contributed by atoms with Crippen LogP contribution in [-0.4, -0.2) is 15.0 Å². The minimum atomic E-state index is -3.80. The van der Waals surface area contributed by atoms with Gasteiger partial charge < -0.3 is 4.74 Å². The second kappa shape index (κ2) is 6.88. The highest BCUT2D eigenvalue weighted by Gasteiger charge is 2.15. The van der Waals surface area contributed by atoms with Crippen molar-refractivity contribution in [1.29, 1.82) is 5.26 Å². The summed E-state index contributed by atoms with van der Waals surface area (Å²) < 4.78 is 32.0. The van der Waals surface area contributed by atoms with Gasteiger partial charge in [0.1, 0.15) is 11.8 Å². The van der Waals surface area contributed by atoms with E-state index in [1.165, 1.54) is 30.3 Å². The molecule has 0 bridgehead atoms. The standard InChI is InChI=1S/C14H10Cl2N2O3S/c15-10-7-11(16)9-14(8-10)22(19,20)18-12-1-3-13(4-2-12)21-6-5-17/h1-4,7-9,18H,6H2. The highest BCUT2D eigenvalue weighted by molar-refractivity contribution is 7.92. The van der Waals surface area contributed by atoms with Crippen molar-refractivity contribution in [2.45, 2.75) is 4.90 Å². The number of rotatable bonds is 5. The van der Waals surface area contributed by atoms with Gasteiger partial charge in [-0.2, -0.15) is 5.26 Å². The first-order valence-electron chi connectivity index (χ1n) is 5.99. The first-order valence-corrected chi connectivity index (χ1v) is 8.23. The average Bonchev–Trinajstić information content (AvgIpc) is 2.45. The maximum atomic E-state index is 12.3. The van der Waals surface area contributed by atoms with Gasteiger partial charge in [0, 0.05) is 15.7 Å². The number of nitrogens with one attached hydrogen (secondary N) is 1. The lowest BCUT2D eigenvalue weighted by molar-refractivity contribution is 0.368. The van der Waals surface area contributed by atoms with Crippen LogP contribution >= 0.6 is 23.2 Å². The van der Waals surface area contributed by atoms with E-state index in [1.807, 2.05) is 6.07 Å². The molecule has 2 aromatic rings.